The van der Waals surface area contributed by atoms with Crippen LogP contribution in [-0.4, -0.2) is 19.2 Å². The summed E-state index contributed by atoms with van der Waals surface area (Å²) >= 11 is 6.08. The van der Waals surface area contributed by atoms with Crippen LogP contribution < -0.4 is 29.4 Å². The largest absolute Gasteiger partial charge is 0.490 e. The average Bonchev–Trinajstić information content (AvgIpc) is 3.00. The summed E-state index contributed by atoms with van der Waals surface area (Å²) in [6.45, 7) is 4.38. The number of esters is 1. The highest BCUT2D eigenvalue weighted by Crippen LogP contribution is 2.45. The number of para-hydroxylation sites is 1. The highest BCUT2D eigenvalue weighted by molar-refractivity contribution is 6.32. The first-order chi connectivity index (χ1) is 20.9. The molecule has 0 saturated heterocycles. The van der Waals surface area contributed by atoms with E-state index in [9.17, 15) is 10.1 Å². The second-order valence-electron chi connectivity index (χ2n) is 9.73. The SMILES string of the molecule is CCOc1cc(C2C(C#N)=C(N)Oc3cc(OC(=O)COc4ccccc4Cl)ccc32)ccc1OCc1ccc(C)cc1. The molecule has 0 spiro atoms. The van der Waals surface area contributed by atoms with Crippen LogP contribution in [0.3, 0.4) is 0 Å². The van der Waals surface area contributed by atoms with Gasteiger partial charge in [0.2, 0.25) is 5.88 Å². The zero-order valence-electron chi connectivity index (χ0n) is 23.6. The van der Waals surface area contributed by atoms with Crippen molar-refractivity contribution in [2.45, 2.75) is 26.4 Å². The molecule has 5 rings (SSSR count). The lowest BCUT2D eigenvalue weighted by molar-refractivity contribution is -0.136. The summed E-state index contributed by atoms with van der Waals surface area (Å²) < 4.78 is 28.7. The highest BCUT2D eigenvalue weighted by atomic mass is 35.5. The normalized spacial score (nSPS) is 13.8. The number of carbonyl (C=O) groups excluding carboxylic acids is 1. The molecule has 0 fully saturated rings. The van der Waals surface area contributed by atoms with Crippen molar-refractivity contribution in [3.05, 3.63) is 124 Å². The molecule has 1 heterocycles. The Morgan fingerprint density at radius 3 is 2.49 bits per heavy atom. The second kappa shape index (κ2) is 13.2. The summed E-state index contributed by atoms with van der Waals surface area (Å²) in [4.78, 5) is 12.5. The molecule has 8 nitrogen and oxygen atoms in total. The molecule has 218 valence electrons. The molecule has 0 aliphatic carbocycles. The molecule has 2 N–H and O–H groups in total. The molecule has 1 aliphatic heterocycles. The van der Waals surface area contributed by atoms with Crippen LogP contribution in [0.4, 0.5) is 0 Å². The molecule has 0 aromatic heterocycles. The zero-order valence-corrected chi connectivity index (χ0v) is 24.4. The number of hydrogen-bond acceptors (Lipinski definition) is 8. The van der Waals surface area contributed by atoms with Gasteiger partial charge < -0.3 is 29.4 Å². The van der Waals surface area contributed by atoms with Gasteiger partial charge in [-0.15, -0.1) is 0 Å². The predicted octanol–water partition coefficient (Wildman–Crippen LogP) is 6.83. The first kappa shape index (κ1) is 29.4. The average molecular weight is 597 g/mol. The Balaban J connectivity index is 1.37. The van der Waals surface area contributed by atoms with Gasteiger partial charge in [0.15, 0.2) is 18.1 Å². The minimum Gasteiger partial charge on any atom is -0.490 e. The van der Waals surface area contributed by atoms with Crippen LogP contribution in [0.5, 0.6) is 28.7 Å². The third kappa shape index (κ3) is 6.85. The van der Waals surface area contributed by atoms with Gasteiger partial charge in [-0.25, -0.2) is 4.79 Å². The molecule has 0 saturated carbocycles. The number of nitrogens with zero attached hydrogens (tertiary/aromatic N) is 1. The van der Waals surface area contributed by atoms with E-state index in [4.69, 9.17) is 41.0 Å². The van der Waals surface area contributed by atoms with Crippen molar-refractivity contribution >= 4 is 17.6 Å². The number of nitrogens with two attached hydrogens (primary N) is 1. The van der Waals surface area contributed by atoms with Crippen LogP contribution in [0.15, 0.2) is 96.4 Å². The van der Waals surface area contributed by atoms with Crippen molar-refractivity contribution < 1.29 is 28.5 Å². The van der Waals surface area contributed by atoms with Crippen LogP contribution in [-0.2, 0) is 11.4 Å². The van der Waals surface area contributed by atoms with Gasteiger partial charge in [0.1, 0.15) is 35.5 Å². The minimum atomic E-state index is -0.629. The Hall–Kier alpha value is -5.13. The van der Waals surface area contributed by atoms with E-state index in [1.165, 1.54) is 5.56 Å². The van der Waals surface area contributed by atoms with Gasteiger partial charge in [0.05, 0.1) is 17.5 Å². The number of carbonyl (C=O) groups is 1. The highest BCUT2D eigenvalue weighted by Gasteiger charge is 2.32. The fraction of sp³-hybridized carbons (Fsp3) is 0.176. The number of hydrogen-bond donors (Lipinski definition) is 1. The summed E-state index contributed by atoms with van der Waals surface area (Å²) in [6, 6.07) is 27.6. The molecule has 4 aromatic carbocycles. The lowest BCUT2D eigenvalue weighted by Crippen LogP contribution is -2.22. The van der Waals surface area contributed by atoms with Crippen molar-refractivity contribution in [3.8, 4) is 34.8 Å². The lowest BCUT2D eigenvalue weighted by Gasteiger charge is -2.27. The number of allylic oxidation sites excluding steroid dienone is 1. The Bertz CT molecular complexity index is 1710. The third-order valence-electron chi connectivity index (χ3n) is 6.72. The summed E-state index contributed by atoms with van der Waals surface area (Å²) in [6.07, 6.45) is 0. The van der Waals surface area contributed by atoms with Crippen molar-refractivity contribution in [2.24, 2.45) is 5.73 Å². The van der Waals surface area contributed by atoms with Crippen LogP contribution >= 0.6 is 11.6 Å². The second-order valence-corrected chi connectivity index (χ2v) is 10.1. The van der Waals surface area contributed by atoms with Crippen molar-refractivity contribution in [1.29, 1.82) is 5.26 Å². The monoisotopic (exact) mass is 596 g/mol. The van der Waals surface area contributed by atoms with Crippen LogP contribution in [0, 0.1) is 18.3 Å². The Labute approximate surface area is 254 Å². The number of aryl methyl sites for hydroxylation is 1. The van der Waals surface area contributed by atoms with E-state index < -0.39 is 11.9 Å². The van der Waals surface area contributed by atoms with Crippen molar-refractivity contribution in [3.63, 3.8) is 0 Å². The van der Waals surface area contributed by atoms with Gasteiger partial charge in [-0.2, -0.15) is 5.26 Å². The van der Waals surface area contributed by atoms with Gasteiger partial charge in [0.25, 0.3) is 0 Å². The number of fused-ring (bicyclic) bond motifs is 1. The molecule has 4 aromatic rings. The van der Waals surface area contributed by atoms with E-state index in [2.05, 4.69) is 6.07 Å². The lowest BCUT2D eigenvalue weighted by atomic mass is 9.83. The molecule has 9 heteroatoms. The van der Waals surface area contributed by atoms with E-state index in [0.717, 1.165) is 11.1 Å². The van der Waals surface area contributed by atoms with E-state index in [1.54, 1.807) is 42.5 Å². The van der Waals surface area contributed by atoms with E-state index >= 15 is 0 Å². The van der Waals surface area contributed by atoms with E-state index in [0.29, 0.717) is 46.8 Å². The Kier molecular flexibility index (Phi) is 9.04. The fourth-order valence-electron chi connectivity index (χ4n) is 4.64. The summed E-state index contributed by atoms with van der Waals surface area (Å²) in [7, 11) is 0. The van der Waals surface area contributed by atoms with Gasteiger partial charge >= 0.3 is 5.97 Å². The molecule has 0 bridgehead atoms. The number of ether oxygens (including phenoxy) is 5. The quantitative estimate of drug-likeness (QED) is 0.157. The number of rotatable bonds is 10. The molecule has 0 amide bonds. The van der Waals surface area contributed by atoms with Gasteiger partial charge in [-0.1, -0.05) is 65.7 Å². The summed E-state index contributed by atoms with van der Waals surface area (Å²) in [5.74, 6) is 0.865. The summed E-state index contributed by atoms with van der Waals surface area (Å²) in [5.41, 5.74) is 10.1. The first-order valence-electron chi connectivity index (χ1n) is 13.6. The first-order valence-corrected chi connectivity index (χ1v) is 14.0. The van der Waals surface area contributed by atoms with Gasteiger partial charge in [-0.3, -0.25) is 0 Å². The topological polar surface area (TPSA) is 113 Å². The predicted molar refractivity (Wildman–Crippen MR) is 161 cm³/mol. The summed E-state index contributed by atoms with van der Waals surface area (Å²) in [5, 5.41) is 10.4. The van der Waals surface area contributed by atoms with Gasteiger partial charge in [-0.05, 0) is 55.3 Å². The number of nitriles is 1. The van der Waals surface area contributed by atoms with E-state index in [1.807, 2.05) is 56.3 Å². The standard InChI is InChI=1S/C34H29ClN2O6/c1-3-39-31-16-23(12-15-29(31)40-19-22-10-8-21(2)9-11-22)33-25-14-13-24(17-30(25)43-34(37)26(33)18-36)42-32(38)20-41-28-7-5-4-6-27(28)35/h4-17,33H,3,19-20,37H2,1-2H3. The van der Waals surface area contributed by atoms with Crippen molar-refractivity contribution in [1.82, 2.24) is 0 Å². The van der Waals surface area contributed by atoms with Crippen LogP contribution in [0.25, 0.3) is 0 Å². The Morgan fingerprint density at radius 1 is 0.953 bits per heavy atom. The maximum Gasteiger partial charge on any atom is 0.349 e. The molecular formula is C34H29ClN2O6. The zero-order chi connectivity index (χ0) is 30.3. The number of halogens is 1. The van der Waals surface area contributed by atoms with Crippen LogP contribution in [0.1, 0.15) is 35.1 Å². The molecule has 1 atom stereocenters. The third-order valence-corrected chi connectivity index (χ3v) is 7.03. The number of benzene rings is 4. The van der Waals surface area contributed by atoms with Crippen LogP contribution in [0.2, 0.25) is 5.02 Å². The molecule has 43 heavy (non-hydrogen) atoms. The minimum absolute atomic E-state index is 0.0387. The molecular weight excluding hydrogens is 568 g/mol. The Morgan fingerprint density at radius 2 is 1.74 bits per heavy atom. The van der Waals surface area contributed by atoms with Crippen molar-refractivity contribution in [2.75, 3.05) is 13.2 Å². The molecule has 1 aliphatic rings. The molecule has 1 unspecified atom stereocenters. The van der Waals surface area contributed by atoms with Gasteiger partial charge in [0, 0.05) is 11.6 Å². The molecule has 0 radical (unpaired) electrons. The maximum atomic E-state index is 12.5. The maximum absolute atomic E-state index is 12.5. The smallest absolute Gasteiger partial charge is 0.349 e. The van der Waals surface area contributed by atoms with E-state index in [-0.39, 0.29) is 23.8 Å². The fourth-order valence-corrected chi connectivity index (χ4v) is 4.83.